The van der Waals surface area contributed by atoms with Crippen molar-refractivity contribution in [1.82, 2.24) is 0 Å². The predicted molar refractivity (Wildman–Crippen MR) is 103 cm³/mol. The number of fused-ring (bicyclic) bond motifs is 1. The Bertz CT molecular complexity index is 995. The molecule has 0 saturated heterocycles. The molecule has 0 amide bonds. The van der Waals surface area contributed by atoms with Crippen molar-refractivity contribution in [2.24, 2.45) is 0 Å². The molecule has 0 saturated carbocycles. The van der Waals surface area contributed by atoms with E-state index in [1.807, 2.05) is 0 Å². The maximum absolute atomic E-state index is 12.8. The first-order valence-electron chi connectivity index (χ1n) is 7.81. The van der Waals surface area contributed by atoms with Crippen LogP contribution in [0, 0.1) is 0 Å². The molecular formula is C17H15BrClNO6S. The van der Waals surface area contributed by atoms with E-state index < -0.39 is 16.0 Å². The molecular weight excluding hydrogens is 462 g/mol. The van der Waals surface area contributed by atoms with E-state index in [1.54, 1.807) is 0 Å². The smallest absolute Gasteiger partial charge is 0.339 e. The number of nitrogens with one attached hydrogen (secondary N) is 1. The minimum absolute atomic E-state index is 0.0881. The van der Waals surface area contributed by atoms with Gasteiger partial charge in [-0.05, 0) is 34.1 Å². The van der Waals surface area contributed by atoms with E-state index in [2.05, 4.69) is 25.4 Å². The van der Waals surface area contributed by atoms with Crippen LogP contribution in [0.2, 0.25) is 5.02 Å². The topological polar surface area (TPSA) is 90.9 Å². The summed E-state index contributed by atoms with van der Waals surface area (Å²) in [4.78, 5) is 11.7. The van der Waals surface area contributed by atoms with Gasteiger partial charge in [-0.2, -0.15) is 0 Å². The van der Waals surface area contributed by atoms with E-state index in [1.165, 1.54) is 37.4 Å². The normalized spacial score (nSPS) is 13.6. The molecule has 27 heavy (non-hydrogen) atoms. The van der Waals surface area contributed by atoms with Gasteiger partial charge in [-0.1, -0.05) is 11.6 Å². The predicted octanol–water partition coefficient (Wildman–Crippen LogP) is 3.85. The lowest BCUT2D eigenvalue weighted by Gasteiger charge is -2.14. The van der Waals surface area contributed by atoms with Crippen molar-refractivity contribution in [2.45, 2.75) is 11.3 Å². The fraction of sp³-hybridized carbons (Fsp3) is 0.235. The molecule has 1 heterocycles. The molecule has 0 bridgehead atoms. The van der Waals surface area contributed by atoms with Crippen LogP contribution in [0.3, 0.4) is 0 Å². The molecule has 1 aliphatic heterocycles. The summed E-state index contributed by atoms with van der Waals surface area (Å²) in [5.74, 6) is 0.199. The second-order valence-corrected chi connectivity index (χ2v) is 8.51. The van der Waals surface area contributed by atoms with Crippen LogP contribution in [0.4, 0.5) is 5.69 Å². The van der Waals surface area contributed by atoms with Crippen molar-refractivity contribution in [3.8, 4) is 11.5 Å². The zero-order chi connectivity index (χ0) is 19.6. The summed E-state index contributed by atoms with van der Waals surface area (Å²) in [6.07, 6.45) is 0.711. The molecule has 0 aromatic heterocycles. The average Bonchev–Trinajstić information content (AvgIpc) is 2.86. The first-order valence-corrected chi connectivity index (χ1v) is 10.5. The molecule has 0 aliphatic carbocycles. The second kappa shape index (κ2) is 7.95. The van der Waals surface area contributed by atoms with Gasteiger partial charge in [0.1, 0.15) is 0 Å². The summed E-state index contributed by atoms with van der Waals surface area (Å²) < 4.78 is 44.1. The van der Waals surface area contributed by atoms with Crippen molar-refractivity contribution in [2.75, 3.05) is 25.0 Å². The summed E-state index contributed by atoms with van der Waals surface area (Å²) in [6.45, 7) is 0.944. The van der Waals surface area contributed by atoms with Gasteiger partial charge in [-0.15, -0.1) is 0 Å². The van der Waals surface area contributed by atoms with Crippen LogP contribution < -0.4 is 14.2 Å². The number of carbonyl (C=O) groups excluding carboxylic acids is 1. The van der Waals surface area contributed by atoms with E-state index in [4.69, 9.17) is 21.1 Å². The van der Waals surface area contributed by atoms with Gasteiger partial charge in [0.2, 0.25) is 0 Å². The largest absolute Gasteiger partial charge is 0.490 e. The Kier molecular flexibility index (Phi) is 5.83. The molecule has 0 spiro atoms. The number of sulfonamides is 1. The average molecular weight is 477 g/mol. The molecule has 10 heteroatoms. The molecule has 0 fully saturated rings. The van der Waals surface area contributed by atoms with Gasteiger partial charge in [-0.25, -0.2) is 13.2 Å². The first-order chi connectivity index (χ1) is 12.8. The number of ether oxygens (including phenoxy) is 3. The number of anilines is 1. The van der Waals surface area contributed by atoms with E-state index in [9.17, 15) is 13.2 Å². The molecule has 2 aromatic carbocycles. The minimum atomic E-state index is -4.01. The van der Waals surface area contributed by atoms with Crippen molar-refractivity contribution in [1.29, 1.82) is 0 Å². The van der Waals surface area contributed by atoms with Crippen molar-refractivity contribution < 1.29 is 27.4 Å². The van der Waals surface area contributed by atoms with E-state index in [0.717, 1.165) is 0 Å². The molecule has 7 nitrogen and oxygen atoms in total. The zero-order valence-corrected chi connectivity index (χ0v) is 17.3. The van der Waals surface area contributed by atoms with Gasteiger partial charge < -0.3 is 14.2 Å². The molecule has 144 valence electrons. The van der Waals surface area contributed by atoms with Crippen LogP contribution in [0.1, 0.15) is 16.8 Å². The Morgan fingerprint density at radius 2 is 1.85 bits per heavy atom. The molecule has 1 N–H and O–H groups in total. The quantitative estimate of drug-likeness (QED) is 0.674. The highest BCUT2D eigenvalue weighted by molar-refractivity contribution is 9.10. The summed E-state index contributed by atoms with van der Waals surface area (Å²) in [5.41, 5.74) is 0.230. The minimum Gasteiger partial charge on any atom is -0.490 e. The van der Waals surface area contributed by atoms with Crippen molar-refractivity contribution in [3.63, 3.8) is 0 Å². The summed E-state index contributed by atoms with van der Waals surface area (Å²) >= 11 is 9.39. The summed E-state index contributed by atoms with van der Waals surface area (Å²) in [5, 5.41) is 0.160. The van der Waals surface area contributed by atoms with Gasteiger partial charge in [0, 0.05) is 23.0 Å². The number of hydrogen-bond donors (Lipinski definition) is 1. The molecule has 1 aliphatic rings. The number of rotatable bonds is 4. The summed E-state index contributed by atoms with van der Waals surface area (Å²) in [6, 6.07) is 7.00. The Hall–Kier alpha value is -1.97. The van der Waals surface area contributed by atoms with E-state index in [0.29, 0.717) is 35.6 Å². The standard InChI is InChI=1S/C17H15BrClNO6S/c1-24-17(21)11-7-10(3-4-12(11)18)27(22,23)20-14-9-16-15(8-13(14)19)25-5-2-6-26-16/h3-4,7-9,20H,2,5-6H2,1H3. The molecule has 0 radical (unpaired) electrons. The maximum atomic E-state index is 12.8. The molecule has 2 aromatic rings. The monoisotopic (exact) mass is 475 g/mol. The number of hydrogen-bond acceptors (Lipinski definition) is 6. The third-order valence-corrected chi connectivity index (χ3v) is 6.10. The number of methoxy groups -OCH3 is 1. The van der Waals surface area contributed by atoms with Gasteiger partial charge in [0.25, 0.3) is 10.0 Å². The third kappa shape index (κ3) is 4.31. The number of carbonyl (C=O) groups is 1. The fourth-order valence-corrected chi connectivity index (χ4v) is 4.17. The van der Waals surface area contributed by atoms with Crippen LogP contribution in [-0.2, 0) is 14.8 Å². The lowest BCUT2D eigenvalue weighted by Crippen LogP contribution is -2.15. The first kappa shape index (κ1) is 19.8. The van der Waals surface area contributed by atoms with Gasteiger partial charge in [0.15, 0.2) is 11.5 Å². The third-order valence-electron chi connectivity index (χ3n) is 3.73. The molecule has 3 rings (SSSR count). The van der Waals surface area contributed by atoms with Gasteiger partial charge in [0.05, 0.1) is 41.5 Å². The van der Waals surface area contributed by atoms with Crippen molar-refractivity contribution >= 4 is 49.2 Å². The zero-order valence-electron chi connectivity index (χ0n) is 14.1. The second-order valence-electron chi connectivity index (χ2n) is 5.57. The highest BCUT2D eigenvalue weighted by Gasteiger charge is 2.22. The Morgan fingerprint density at radius 1 is 1.19 bits per heavy atom. The fourth-order valence-electron chi connectivity index (χ4n) is 2.40. The van der Waals surface area contributed by atoms with Crippen LogP contribution in [0.15, 0.2) is 39.7 Å². The Labute approximate surface area is 169 Å². The Morgan fingerprint density at radius 3 is 2.52 bits per heavy atom. The van der Waals surface area contributed by atoms with Crippen LogP contribution in [0.5, 0.6) is 11.5 Å². The highest BCUT2D eigenvalue weighted by atomic mass is 79.9. The number of halogens is 2. The highest BCUT2D eigenvalue weighted by Crippen LogP contribution is 2.38. The van der Waals surface area contributed by atoms with Crippen LogP contribution >= 0.6 is 27.5 Å². The Balaban J connectivity index is 1.95. The number of esters is 1. The van der Waals surface area contributed by atoms with Crippen molar-refractivity contribution in [3.05, 3.63) is 45.4 Å². The number of benzene rings is 2. The maximum Gasteiger partial charge on any atom is 0.339 e. The van der Waals surface area contributed by atoms with E-state index >= 15 is 0 Å². The molecule has 0 unspecified atom stereocenters. The molecule has 0 atom stereocenters. The van der Waals surface area contributed by atoms with Gasteiger partial charge >= 0.3 is 5.97 Å². The van der Waals surface area contributed by atoms with E-state index in [-0.39, 0.29) is 21.2 Å². The van der Waals surface area contributed by atoms with Crippen LogP contribution in [-0.4, -0.2) is 34.7 Å². The van der Waals surface area contributed by atoms with Gasteiger partial charge in [-0.3, -0.25) is 4.72 Å². The summed E-state index contributed by atoms with van der Waals surface area (Å²) in [7, 11) is -2.80. The van der Waals surface area contributed by atoms with Crippen LogP contribution in [0.25, 0.3) is 0 Å². The lowest BCUT2D eigenvalue weighted by molar-refractivity contribution is 0.0599. The lowest BCUT2D eigenvalue weighted by atomic mass is 10.2. The SMILES string of the molecule is COC(=O)c1cc(S(=O)(=O)Nc2cc3c(cc2Cl)OCCCO3)ccc1Br.